The Labute approximate surface area is 117 Å². The van der Waals surface area contributed by atoms with Crippen LogP contribution in [0.25, 0.3) is 11.4 Å². The summed E-state index contributed by atoms with van der Waals surface area (Å²) in [6, 6.07) is 21.7. The molecule has 1 aromatic heterocycles. The van der Waals surface area contributed by atoms with Crippen LogP contribution in [0.1, 0.15) is 5.56 Å². The van der Waals surface area contributed by atoms with Gasteiger partial charge in [0.15, 0.2) is 5.82 Å². The molecule has 1 heterocycles. The first-order valence-corrected chi connectivity index (χ1v) is 6.47. The minimum Gasteiger partial charge on any atom is -0.473 e. The molecular weight excluding hydrogens is 248 g/mol. The van der Waals surface area contributed by atoms with Crippen LogP contribution in [0.4, 0.5) is 0 Å². The van der Waals surface area contributed by atoms with E-state index in [1.54, 1.807) is 12.3 Å². The first-order valence-electron chi connectivity index (χ1n) is 6.47. The van der Waals surface area contributed by atoms with E-state index in [0.29, 0.717) is 18.3 Å². The summed E-state index contributed by atoms with van der Waals surface area (Å²) in [6.45, 7) is 0.506. The fraction of sp³-hybridized carbons (Fsp3) is 0.0588. The molecule has 3 aromatic rings. The monoisotopic (exact) mass is 262 g/mol. The number of benzene rings is 2. The number of rotatable bonds is 4. The Morgan fingerprint density at radius 1 is 0.800 bits per heavy atom. The van der Waals surface area contributed by atoms with E-state index in [-0.39, 0.29) is 0 Å². The lowest BCUT2D eigenvalue weighted by Crippen LogP contribution is -1.98. The Morgan fingerprint density at radius 3 is 2.25 bits per heavy atom. The van der Waals surface area contributed by atoms with Gasteiger partial charge in [0.25, 0.3) is 0 Å². The van der Waals surface area contributed by atoms with Crippen molar-refractivity contribution in [1.82, 2.24) is 9.97 Å². The lowest BCUT2D eigenvalue weighted by atomic mass is 10.2. The third-order valence-electron chi connectivity index (χ3n) is 2.89. The quantitative estimate of drug-likeness (QED) is 0.718. The Bertz CT molecular complexity index is 669. The fourth-order valence-corrected chi connectivity index (χ4v) is 1.88. The standard InChI is InChI=1S/C17H14N2O/c1-3-7-14(8-4-1)13-20-16-11-12-18-17(19-16)15-9-5-2-6-10-15/h1-12H,13H2. The van der Waals surface area contributed by atoms with Gasteiger partial charge in [0.05, 0.1) is 0 Å². The zero-order valence-corrected chi connectivity index (χ0v) is 10.9. The predicted octanol–water partition coefficient (Wildman–Crippen LogP) is 3.72. The molecule has 0 spiro atoms. The van der Waals surface area contributed by atoms with Crippen molar-refractivity contribution in [3.05, 3.63) is 78.5 Å². The topological polar surface area (TPSA) is 35.0 Å². The van der Waals surface area contributed by atoms with E-state index in [1.807, 2.05) is 60.7 Å². The molecule has 0 N–H and O–H groups in total. The van der Waals surface area contributed by atoms with Crippen molar-refractivity contribution < 1.29 is 4.74 Å². The van der Waals surface area contributed by atoms with Gasteiger partial charge in [0.1, 0.15) is 6.61 Å². The third kappa shape index (κ3) is 3.01. The second-order valence-electron chi connectivity index (χ2n) is 4.36. The van der Waals surface area contributed by atoms with Crippen LogP contribution in [0.2, 0.25) is 0 Å². The average molecular weight is 262 g/mol. The van der Waals surface area contributed by atoms with Gasteiger partial charge in [-0.1, -0.05) is 60.7 Å². The van der Waals surface area contributed by atoms with Crippen LogP contribution >= 0.6 is 0 Å². The van der Waals surface area contributed by atoms with Crippen molar-refractivity contribution in [2.45, 2.75) is 6.61 Å². The average Bonchev–Trinajstić information content (AvgIpc) is 2.55. The van der Waals surface area contributed by atoms with Gasteiger partial charge in [-0.25, -0.2) is 4.98 Å². The molecule has 3 rings (SSSR count). The highest BCUT2D eigenvalue weighted by Crippen LogP contribution is 2.17. The molecule has 3 heteroatoms. The predicted molar refractivity (Wildman–Crippen MR) is 78.2 cm³/mol. The van der Waals surface area contributed by atoms with E-state index in [2.05, 4.69) is 9.97 Å². The van der Waals surface area contributed by atoms with Crippen LogP contribution in [-0.4, -0.2) is 9.97 Å². The second-order valence-corrected chi connectivity index (χ2v) is 4.36. The fourth-order valence-electron chi connectivity index (χ4n) is 1.88. The molecule has 0 atom stereocenters. The summed E-state index contributed by atoms with van der Waals surface area (Å²) in [4.78, 5) is 8.70. The normalized spacial score (nSPS) is 10.2. The molecule has 0 saturated heterocycles. The van der Waals surface area contributed by atoms with Crippen molar-refractivity contribution in [3.63, 3.8) is 0 Å². The minimum atomic E-state index is 0.506. The molecule has 0 aliphatic rings. The van der Waals surface area contributed by atoms with Gasteiger partial charge in [-0.15, -0.1) is 0 Å². The van der Waals surface area contributed by atoms with Gasteiger partial charge >= 0.3 is 0 Å². The molecule has 0 aliphatic carbocycles. The van der Waals surface area contributed by atoms with Crippen molar-refractivity contribution in [2.24, 2.45) is 0 Å². The van der Waals surface area contributed by atoms with E-state index in [0.717, 1.165) is 11.1 Å². The number of ether oxygens (including phenoxy) is 1. The second kappa shape index (κ2) is 5.97. The van der Waals surface area contributed by atoms with Crippen LogP contribution in [0.3, 0.4) is 0 Å². The minimum absolute atomic E-state index is 0.506. The highest BCUT2D eigenvalue weighted by atomic mass is 16.5. The zero-order chi connectivity index (χ0) is 13.6. The van der Waals surface area contributed by atoms with Crippen LogP contribution in [0.5, 0.6) is 5.88 Å². The Morgan fingerprint density at radius 2 is 1.50 bits per heavy atom. The van der Waals surface area contributed by atoms with Crippen LogP contribution in [0, 0.1) is 0 Å². The summed E-state index contributed by atoms with van der Waals surface area (Å²) in [7, 11) is 0. The molecule has 0 fully saturated rings. The van der Waals surface area contributed by atoms with Crippen LogP contribution in [0.15, 0.2) is 72.9 Å². The van der Waals surface area contributed by atoms with E-state index < -0.39 is 0 Å². The van der Waals surface area contributed by atoms with Crippen molar-refractivity contribution in [1.29, 1.82) is 0 Å². The lowest BCUT2D eigenvalue weighted by Gasteiger charge is -2.06. The van der Waals surface area contributed by atoms with Gasteiger partial charge in [0.2, 0.25) is 5.88 Å². The molecule has 98 valence electrons. The van der Waals surface area contributed by atoms with Gasteiger partial charge in [0, 0.05) is 17.8 Å². The molecule has 0 aliphatic heterocycles. The number of hydrogen-bond acceptors (Lipinski definition) is 3. The maximum absolute atomic E-state index is 5.70. The van der Waals surface area contributed by atoms with Crippen LogP contribution < -0.4 is 4.74 Å². The third-order valence-corrected chi connectivity index (χ3v) is 2.89. The maximum Gasteiger partial charge on any atom is 0.217 e. The van der Waals surface area contributed by atoms with E-state index in [9.17, 15) is 0 Å². The molecule has 0 saturated carbocycles. The summed E-state index contributed by atoms with van der Waals surface area (Å²) in [5, 5.41) is 0. The maximum atomic E-state index is 5.70. The molecule has 0 unspecified atom stereocenters. The Balaban J connectivity index is 1.75. The van der Waals surface area contributed by atoms with E-state index in [1.165, 1.54) is 0 Å². The number of hydrogen-bond donors (Lipinski definition) is 0. The first-order chi connectivity index (χ1) is 9.92. The van der Waals surface area contributed by atoms with Crippen molar-refractivity contribution >= 4 is 0 Å². The SMILES string of the molecule is c1ccc(COc2ccnc(-c3ccccc3)n2)cc1. The molecule has 0 bridgehead atoms. The first kappa shape index (κ1) is 12.4. The summed E-state index contributed by atoms with van der Waals surface area (Å²) in [5.41, 5.74) is 2.10. The summed E-state index contributed by atoms with van der Waals surface area (Å²) in [6.07, 6.45) is 1.72. The lowest BCUT2D eigenvalue weighted by molar-refractivity contribution is 0.293. The Hall–Kier alpha value is -2.68. The number of nitrogens with zero attached hydrogens (tertiary/aromatic N) is 2. The highest BCUT2D eigenvalue weighted by molar-refractivity contribution is 5.54. The molecule has 20 heavy (non-hydrogen) atoms. The van der Waals surface area contributed by atoms with E-state index in [4.69, 9.17) is 4.74 Å². The zero-order valence-electron chi connectivity index (χ0n) is 10.9. The largest absolute Gasteiger partial charge is 0.473 e. The molecular formula is C17H14N2O. The van der Waals surface area contributed by atoms with Gasteiger partial charge in [-0.2, -0.15) is 4.98 Å². The molecule has 3 nitrogen and oxygen atoms in total. The summed E-state index contributed by atoms with van der Waals surface area (Å²) < 4.78 is 5.70. The van der Waals surface area contributed by atoms with Crippen LogP contribution in [-0.2, 0) is 6.61 Å². The smallest absolute Gasteiger partial charge is 0.217 e. The Kier molecular flexibility index (Phi) is 3.69. The summed E-state index contributed by atoms with van der Waals surface area (Å²) >= 11 is 0. The van der Waals surface area contributed by atoms with Gasteiger partial charge < -0.3 is 4.74 Å². The molecule has 0 amide bonds. The van der Waals surface area contributed by atoms with E-state index >= 15 is 0 Å². The summed E-state index contributed by atoms with van der Waals surface area (Å²) in [5.74, 6) is 1.26. The number of aromatic nitrogens is 2. The highest BCUT2D eigenvalue weighted by Gasteiger charge is 2.03. The molecule has 2 aromatic carbocycles. The molecule has 0 radical (unpaired) electrons. The van der Waals surface area contributed by atoms with Gasteiger partial charge in [-0.05, 0) is 5.56 Å². The van der Waals surface area contributed by atoms with Gasteiger partial charge in [-0.3, -0.25) is 0 Å². The van der Waals surface area contributed by atoms with Crippen molar-refractivity contribution in [3.8, 4) is 17.3 Å². The van der Waals surface area contributed by atoms with Crippen molar-refractivity contribution in [2.75, 3.05) is 0 Å².